The minimum atomic E-state index is 0.110. The molecule has 19 heavy (non-hydrogen) atoms. The first kappa shape index (κ1) is 12.1. The number of benzene rings is 1. The van der Waals surface area contributed by atoms with Crippen molar-refractivity contribution in [2.75, 3.05) is 12.3 Å². The van der Waals surface area contributed by atoms with Crippen LogP contribution in [-0.4, -0.2) is 28.4 Å². The SMILES string of the molecule is CCCN(C(=O)c1cc2cc(N)ccc2[nH]1)C1CC1. The van der Waals surface area contributed by atoms with Crippen molar-refractivity contribution in [2.45, 2.75) is 32.2 Å². The van der Waals surface area contributed by atoms with Crippen molar-refractivity contribution in [1.82, 2.24) is 9.88 Å². The first-order valence-corrected chi connectivity index (χ1v) is 6.88. The number of H-pyrrole nitrogens is 1. The largest absolute Gasteiger partial charge is 0.399 e. The van der Waals surface area contributed by atoms with Gasteiger partial charge in [-0.2, -0.15) is 0 Å². The summed E-state index contributed by atoms with van der Waals surface area (Å²) in [6.45, 7) is 2.94. The number of rotatable bonds is 4. The maximum Gasteiger partial charge on any atom is 0.270 e. The van der Waals surface area contributed by atoms with E-state index >= 15 is 0 Å². The van der Waals surface area contributed by atoms with Crippen LogP contribution in [0.4, 0.5) is 5.69 Å². The number of carbonyl (C=O) groups is 1. The number of anilines is 1. The molecule has 100 valence electrons. The van der Waals surface area contributed by atoms with Crippen molar-refractivity contribution in [3.8, 4) is 0 Å². The lowest BCUT2D eigenvalue weighted by atomic mass is 10.2. The van der Waals surface area contributed by atoms with Crippen molar-refractivity contribution in [2.24, 2.45) is 0 Å². The summed E-state index contributed by atoms with van der Waals surface area (Å²) in [5.74, 6) is 0.110. The molecule has 1 aromatic carbocycles. The van der Waals surface area contributed by atoms with Gasteiger partial charge in [0.05, 0.1) is 0 Å². The van der Waals surface area contributed by atoms with Gasteiger partial charge in [0.1, 0.15) is 5.69 Å². The van der Waals surface area contributed by atoms with E-state index in [9.17, 15) is 4.79 Å². The van der Waals surface area contributed by atoms with Crippen molar-refractivity contribution in [3.05, 3.63) is 30.0 Å². The number of carbonyl (C=O) groups excluding carboxylic acids is 1. The zero-order chi connectivity index (χ0) is 13.4. The van der Waals surface area contributed by atoms with Crippen LogP contribution in [0.15, 0.2) is 24.3 Å². The van der Waals surface area contributed by atoms with E-state index in [2.05, 4.69) is 11.9 Å². The highest BCUT2D eigenvalue weighted by molar-refractivity contribution is 5.98. The fraction of sp³-hybridized carbons (Fsp3) is 0.400. The third-order valence-corrected chi connectivity index (χ3v) is 3.59. The van der Waals surface area contributed by atoms with E-state index in [1.807, 2.05) is 29.2 Å². The topological polar surface area (TPSA) is 62.1 Å². The molecule has 2 aromatic rings. The van der Waals surface area contributed by atoms with Crippen molar-refractivity contribution < 1.29 is 4.79 Å². The molecule has 1 heterocycles. The summed E-state index contributed by atoms with van der Waals surface area (Å²) in [5.41, 5.74) is 8.12. The highest BCUT2D eigenvalue weighted by atomic mass is 16.2. The summed E-state index contributed by atoms with van der Waals surface area (Å²) in [7, 11) is 0. The Hall–Kier alpha value is -1.97. The molecule has 3 rings (SSSR count). The molecular formula is C15H19N3O. The number of nitrogens with zero attached hydrogens (tertiary/aromatic N) is 1. The van der Waals surface area contributed by atoms with Gasteiger partial charge in [-0.15, -0.1) is 0 Å². The van der Waals surface area contributed by atoms with Gasteiger partial charge >= 0.3 is 0 Å². The molecule has 0 unspecified atom stereocenters. The predicted molar refractivity (Wildman–Crippen MR) is 77.1 cm³/mol. The van der Waals surface area contributed by atoms with Crippen molar-refractivity contribution in [1.29, 1.82) is 0 Å². The summed E-state index contributed by atoms with van der Waals surface area (Å²) in [4.78, 5) is 17.7. The molecule has 3 N–H and O–H groups in total. The molecular weight excluding hydrogens is 238 g/mol. The molecule has 1 fully saturated rings. The second kappa shape index (κ2) is 4.61. The summed E-state index contributed by atoms with van der Waals surface area (Å²) in [5, 5.41) is 0.996. The van der Waals surface area contributed by atoms with Gasteiger partial charge in [-0.1, -0.05) is 6.92 Å². The van der Waals surface area contributed by atoms with E-state index in [0.29, 0.717) is 11.7 Å². The lowest BCUT2D eigenvalue weighted by molar-refractivity contribution is 0.0738. The molecule has 1 aromatic heterocycles. The van der Waals surface area contributed by atoms with Gasteiger partial charge in [0.25, 0.3) is 5.91 Å². The lowest BCUT2D eigenvalue weighted by Crippen LogP contribution is -2.33. The average molecular weight is 257 g/mol. The summed E-state index contributed by atoms with van der Waals surface area (Å²) in [6, 6.07) is 8.01. The zero-order valence-corrected chi connectivity index (χ0v) is 11.1. The average Bonchev–Trinajstić information content (AvgIpc) is 3.14. The molecule has 1 aliphatic rings. The summed E-state index contributed by atoms with van der Waals surface area (Å²) < 4.78 is 0. The molecule has 1 saturated carbocycles. The Labute approximate surface area is 112 Å². The Morgan fingerprint density at radius 2 is 2.21 bits per heavy atom. The number of hydrogen-bond acceptors (Lipinski definition) is 2. The summed E-state index contributed by atoms with van der Waals surface area (Å²) in [6.07, 6.45) is 3.27. The first-order chi connectivity index (χ1) is 9.19. The fourth-order valence-electron chi connectivity index (χ4n) is 2.50. The molecule has 0 radical (unpaired) electrons. The molecule has 1 amide bonds. The monoisotopic (exact) mass is 257 g/mol. The highest BCUT2D eigenvalue weighted by Gasteiger charge is 2.32. The van der Waals surface area contributed by atoms with E-state index in [4.69, 9.17) is 5.73 Å². The zero-order valence-electron chi connectivity index (χ0n) is 11.1. The number of nitrogens with one attached hydrogen (secondary N) is 1. The predicted octanol–water partition coefficient (Wildman–Crippen LogP) is 2.76. The van der Waals surface area contributed by atoms with Gasteiger partial charge in [-0.3, -0.25) is 4.79 Å². The van der Waals surface area contributed by atoms with Crippen LogP contribution in [-0.2, 0) is 0 Å². The van der Waals surface area contributed by atoms with Gasteiger partial charge < -0.3 is 15.6 Å². The van der Waals surface area contributed by atoms with E-state index in [0.717, 1.165) is 42.4 Å². The fourth-order valence-corrected chi connectivity index (χ4v) is 2.50. The first-order valence-electron chi connectivity index (χ1n) is 6.88. The number of amides is 1. The number of aromatic amines is 1. The Balaban J connectivity index is 1.91. The highest BCUT2D eigenvalue weighted by Crippen LogP contribution is 2.29. The maximum atomic E-state index is 12.5. The van der Waals surface area contributed by atoms with E-state index < -0.39 is 0 Å². The van der Waals surface area contributed by atoms with Crippen LogP contribution >= 0.6 is 0 Å². The lowest BCUT2D eigenvalue weighted by Gasteiger charge is -2.20. The van der Waals surface area contributed by atoms with Crippen LogP contribution < -0.4 is 5.73 Å². The number of nitrogen functional groups attached to an aromatic ring is 1. The van der Waals surface area contributed by atoms with Gasteiger partial charge in [0.15, 0.2) is 0 Å². The molecule has 4 nitrogen and oxygen atoms in total. The van der Waals surface area contributed by atoms with Gasteiger partial charge in [0.2, 0.25) is 0 Å². The van der Waals surface area contributed by atoms with Crippen molar-refractivity contribution in [3.63, 3.8) is 0 Å². The molecule has 1 aliphatic carbocycles. The van der Waals surface area contributed by atoms with Crippen LogP contribution in [0.3, 0.4) is 0 Å². The molecule has 0 bridgehead atoms. The van der Waals surface area contributed by atoms with Crippen LogP contribution in [0.25, 0.3) is 10.9 Å². The molecule has 4 heteroatoms. The Kier molecular flexibility index (Phi) is 2.93. The molecule has 0 aliphatic heterocycles. The third kappa shape index (κ3) is 2.30. The standard InChI is InChI=1S/C15H19N3O/c1-2-7-18(12-4-5-12)15(19)14-9-10-8-11(16)3-6-13(10)17-14/h3,6,8-9,12,17H,2,4-5,7,16H2,1H3. The minimum absolute atomic E-state index is 0.110. The van der Waals surface area contributed by atoms with Crippen LogP contribution in [0, 0.1) is 0 Å². The molecule has 0 spiro atoms. The minimum Gasteiger partial charge on any atom is -0.399 e. The maximum absolute atomic E-state index is 12.5. The van der Waals surface area contributed by atoms with Gasteiger partial charge in [-0.25, -0.2) is 0 Å². The molecule has 0 saturated heterocycles. The van der Waals surface area contributed by atoms with E-state index in [1.165, 1.54) is 0 Å². The molecule has 0 atom stereocenters. The number of hydrogen-bond donors (Lipinski definition) is 2. The van der Waals surface area contributed by atoms with Gasteiger partial charge in [-0.05, 0) is 43.5 Å². The normalized spacial score (nSPS) is 14.8. The smallest absolute Gasteiger partial charge is 0.270 e. The Bertz CT molecular complexity index is 613. The second-order valence-electron chi connectivity index (χ2n) is 5.26. The van der Waals surface area contributed by atoms with Crippen LogP contribution in [0.1, 0.15) is 36.7 Å². The number of fused-ring (bicyclic) bond motifs is 1. The van der Waals surface area contributed by atoms with Crippen molar-refractivity contribution >= 4 is 22.5 Å². The Morgan fingerprint density at radius 3 is 2.89 bits per heavy atom. The number of aromatic nitrogens is 1. The number of nitrogens with two attached hydrogens (primary N) is 1. The van der Waals surface area contributed by atoms with Crippen LogP contribution in [0.5, 0.6) is 0 Å². The van der Waals surface area contributed by atoms with Gasteiger partial charge in [0, 0.05) is 29.2 Å². The van der Waals surface area contributed by atoms with Crippen LogP contribution in [0.2, 0.25) is 0 Å². The summed E-state index contributed by atoms with van der Waals surface area (Å²) >= 11 is 0. The second-order valence-corrected chi connectivity index (χ2v) is 5.26. The Morgan fingerprint density at radius 1 is 1.42 bits per heavy atom. The van der Waals surface area contributed by atoms with E-state index in [-0.39, 0.29) is 5.91 Å². The van der Waals surface area contributed by atoms with E-state index in [1.54, 1.807) is 0 Å². The third-order valence-electron chi connectivity index (χ3n) is 3.59. The quantitative estimate of drug-likeness (QED) is 0.827.